The maximum Gasteiger partial charge on any atom is 0.115 e. The topological polar surface area (TPSA) is 23.5 Å². The van der Waals surface area contributed by atoms with E-state index in [1.807, 2.05) is 12.1 Å². The van der Waals surface area contributed by atoms with Gasteiger partial charge in [-0.05, 0) is 30.5 Å². The molecule has 0 unspecified atom stereocenters. The van der Waals surface area contributed by atoms with Crippen molar-refractivity contribution < 1.29 is 5.11 Å². The third-order valence-electron chi connectivity index (χ3n) is 3.26. The molecule has 1 aromatic rings. The highest BCUT2D eigenvalue weighted by Crippen LogP contribution is 2.26. The minimum atomic E-state index is 0.366. The van der Waals surface area contributed by atoms with Gasteiger partial charge >= 0.3 is 0 Å². The molecule has 0 aromatic heterocycles. The third-order valence-corrected chi connectivity index (χ3v) is 3.61. The normalized spacial score (nSPS) is 16.4. The lowest BCUT2D eigenvalue weighted by molar-refractivity contribution is 0.128. The van der Waals surface area contributed by atoms with Crippen LogP contribution in [0.1, 0.15) is 24.8 Å². The van der Waals surface area contributed by atoms with Crippen molar-refractivity contribution in [2.45, 2.75) is 31.8 Å². The second-order valence-electron chi connectivity index (χ2n) is 4.41. The van der Waals surface area contributed by atoms with Gasteiger partial charge in [-0.2, -0.15) is 0 Å². The first kappa shape index (κ1) is 11.9. The summed E-state index contributed by atoms with van der Waals surface area (Å²) < 4.78 is 0. The number of nitrogens with zero attached hydrogens (tertiary/aromatic N) is 1. The number of alkyl halides is 1. The molecule has 1 fully saturated rings. The summed E-state index contributed by atoms with van der Waals surface area (Å²) in [6.07, 6.45) is 4.02. The minimum Gasteiger partial charge on any atom is -0.508 e. The zero-order chi connectivity index (χ0) is 11.4. The molecular formula is C13H18BrNO. The van der Waals surface area contributed by atoms with Gasteiger partial charge in [0.1, 0.15) is 5.75 Å². The lowest BCUT2D eigenvalue weighted by Gasteiger charge is -2.37. The Morgan fingerprint density at radius 1 is 1.38 bits per heavy atom. The average Bonchev–Trinajstić information content (AvgIpc) is 2.15. The maximum atomic E-state index is 9.44. The molecule has 1 saturated carbocycles. The molecule has 88 valence electrons. The van der Waals surface area contributed by atoms with Crippen molar-refractivity contribution in [2.75, 3.05) is 11.9 Å². The molecule has 2 nitrogen and oxygen atoms in total. The highest BCUT2D eigenvalue weighted by Gasteiger charge is 2.24. The molecule has 1 aliphatic rings. The molecule has 0 aliphatic heterocycles. The fourth-order valence-corrected chi connectivity index (χ4v) is 2.60. The predicted octanol–water partition coefficient (Wildman–Crippen LogP) is 3.14. The van der Waals surface area contributed by atoms with Crippen molar-refractivity contribution in [3.8, 4) is 5.75 Å². The van der Waals surface area contributed by atoms with Gasteiger partial charge in [0, 0.05) is 24.5 Å². The number of halogens is 1. The summed E-state index contributed by atoms with van der Waals surface area (Å²) in [5.41, 5.74) is 1.20. The van der Waals surface area contributed by atoms with Gasteiger partial charge in [-0.15, -0.1) is 0 Å². The third kappa shape index (κ3) is 2.98. The molecule has 0 atom stereocenters. The summed E-state index contributed by atoms with van der Waals surface area (Å²) in [5.74, 6) is 0.366. The Morgan fingerprint density at radius 3 is 2.75 bits per heavy atom. The quantitative estimate of drug-likeness (QED) is 0.840. The lowest BCUT2D eigenvalue weighted by Crippen LogP contribution is -2.40. The summed E-state index contributed by atoms with van der Waals surface area (Å²) in [5, 5.41) is 10.5. The Bertz CT molecular complexity index is 338. The number of benzene rings is 1. The first-order valence-electron chi connectivity index (χ1n) is 5.87. The van der Waals surface area contributed by atoms with Gasteiger partial charge < -0.3 is 5.11 Å². The molecule has 3 heteroatoms. The monoisotopic (exact) mass is 283 g/mol. The molecule has 1 aliphatic carbocycles. The fraction of sp³-hybridized carbons (Fsp3) is 0.538. The van der Waals surface area contributed by atoms with E-state index in [2.05, 4.69) is 26.9 Å². The number of phenols is 1. The van der Waals surface area contributed by atoms with Crippen molar-refractivity contribution >= 4 is 15.9 Å². The van der Waals surface area contributed by atoms with E-state index in [4.69, 9.17) is 0 Å². The van der Waals surface area contributed by atoms with Gasteiger partial charge in [0.05, 0.1) is 0 Å². The Kier molecular flexibility index (Phi) is 4.24. The second kappa shape index (κ2) is 5.69. The number of hydrogen-bond acceptors (Lipinski definition) is 2. The van der Waals surface area contributed by atoms with Crippen molar-refractivity contribution in [3.63, 3.8) is 0 Å². The Labute approximate surface area is 105 Å². The van der Waals surface area contributed by atoms with Crippen LogP contribution in [-0.2, 0) is 6.54 Å². The van der Waals surface area contributed by atoms with E-state index in [1.165, 1.54) is 24.8 Å². The predicted molar refractivity (Wildman–Crippen MR) is 69.9 cm³/mol. The second-order valence-corrected chi connectivity index (χ2v) is 5.21. The van der Waals surface area contributed by atoms with E-state index >= 15 is 0 Å². The van der Waals surface area contributed by atoms with Gasteiger partial charge in [0.25, 0.3) is 0 Å². The summed E-state index contributed by atoms with van der Waals surface area (Å²) in [7, 11) is 0. The summed E-state index contributed by atoms with van der Waals surface area (Å²) in [6.45, 7) is 2.03. The highest BCUT2D eigenvalue weighted by atomic mass is 79.9. The van der Waals surface area contributed by atoms with E-state index in [0.29, 0.717) is 5.75 Å². The Balaban J connectivity index is 1.98. The fourth-order valence-electron chi connectivity index (χ4n) is 2.14. The van der Waals surface area contributed by atoms with Crippen molar-refractivity contribution in [3.05, 3.63) is 29.8 Å². The zero-order valence-electron chi connectivity index (χ0n) is 9.40. The van der Waals surface area contributed by atoms with Crippen LogP contribution in [0, 0.1) is 0 Å². The van der Waals surface area contributed by atoms with Gasteiger partial charge in [0.2, 0.25) is 0 Å². The van der Waals surface area contributed by atoms with E-state index in [9.17, 15) is 5.11 Å². The Hall–Kier alpha value is -0.540. The smallest absolute Gasteiger partial charge is 0.115 e. The van der Waals surface area contributed by atoms with Crippen molar-refractivity contribution in [2.24, 2.45) is 0 Å². The molecule has 1 N–H and O–H groups in total. The van der Waals surface area contributed by atoms with E-state index in [0.717, 1.165) is 24.5 Å². The maximum absolute atomic E-state index is 9.44. The number of phenolic OH excluding ortho intramolecular Hbond substituents is 1. The number of hydrogen-bond donors (Lipinski definition) is 1. The van der Waals surface area contributed by atoms with Crippen LogP contribution in [0.3, 0.4) is 0 Å². The van der Waals surface area contributed by atoms with Crippen LogP contribution in [0.25, 0.3) is 0 Å². The van der Waals surface area contributed by atoms with Gasteiger partial charge in [-0.1, -0.05) is 34.5 Å². The molecular weight excluding hydrogens is 266 g/mol. The number of aromatic hydroxyl groups is 1. The van der Waals surface area contributed by atoms with Gasteiger partial charge in [-0.25, -0.2) is 0 Å². The van der Waals surface area contributed by atoms with Crippen LogP contribution < -0.4 is 0 Å². The molecule has 0 heterocycles. The standard InChI is InChI=1S/C13H18BrNO/c14-7-8-15(12-4-2-5-12)10-11-3-1-6-13(16)9-11/h1,3,6,9,12,16H,2,4-5,7-8,10H2. The molecule has 0 radical (unpaired) electrons. The molecule has 0 saturated heterocycles. The molecule has 2 rings (SSSR count). The molecule has 1 aromatic carbocycles. The minimum absolute atomic E-state index is 0.366. The summed E-state index contributed by atoms with van der Waals surface area (Å²) in [4.78, 5) is 2.51. The summed E-state index contributed by atoms with van der Waals surface area (Å²) in [6, 6.07) is 8.33. The molecule has 0 spiro atoms. The van der Waals surface area contributed by atoms with Crippen LogP contribution in [-0.4, -0.2) is 27.9 Å². The van der Waals surface area contributed by atoms with Crippen LogP contribution in [0.4, 0.5) is 0 Å². The zero-order valence-corrected chi connectivity index (χ0v) is 11.0. The first-order valence-corrected chi connectivity index (χ1v) is 6.99. The van der Waals surface area contributed by atoms with Crippen LogP contribution >= 0.6 is 15.9 Å². The first-order chi connectivity index (χ1) is 7.79. The van der Waals surface area contributed by atoms with E-state index in [-0.39, 0.29) is 0 Å². The average molecular weight is 284 g/mol. The van der Waals surface area contributed by atoms with Crippen LogP contribution in [0.5, 0.6) is 5.75 Å². The summed E-state index contributed by atoms with van der Waals surface area (Å²) >= 11 is 3.51. The van der Waals surface area contributed by atoms with E-state index < -0.39 is 0 Å². The van der Waals surface area contributed by atoms with Gasteiger partial charge in [-0.3, -0.25) is 4.90 Å². The van der Waals surface area contributed by atoms with Gasteiger partial charge in [0.15, 0.2) is 0 Å². The molecule has 0 bridgehead atoms. The SMILES string of the molecule is Oc1cccc(CN(CCBr)C2CCC2)c1. The largest absolute Gasteiger partial charge is 0.508 e. The van der Waals surface area contributed by atoms with Crippen LogP contribution in [0.2, 0.25) is 0 Å². The Morgan fingerprint density at radius 2 is 2.19 bits per heavy atom. The lowest BCUT2D eigenvalue weighted by atomic mass is 9.91. The number of rotatable bonds is 5. The van der Waals surface area contributed by atoms with Crippen LogP contribution in [0.15, 0.2) is 24.3 Å². The molecule has 0 amide bonds. The highest BCUT2D eigenvalue weighted by molar-refractivity contribution is 9.09. The van der Waals surface area contributed by atoms with Crippen molar-refractivity contribution in [1.29, 1.82) is 0 Å². The van der Waals surface area contributed by atoms with Crippen molar-refractivity contribution in [1.82, 2.24) is 4.90 Å². The molecule has 16 heavy (non-hydrogen) atoms. The van der Waals surface area contributed by atoms with E-state index in [1.54, 1.807) is 6.07 Å².